The van der Waals surface area contributed by atoms with Gasteiger partial charge in [0.25, 0.3) is 5.91 Å². The van der Waals surface area contributed by atoms with Gasteiger partial charge in [-0.25, -0.2) is 0 Å². The summed E-state index contributed by atoms with van der Waals surface area (Å²) in [4.78, 5) is 19.5. The van der Waals surface area contributed by atoms with Gasteiger partial charge in [-0.05, 0) is 25.0 Å². The SMILES string of the molecule is NC(=S)C1CCN(C(=O)c2ccnc3ccccc23)CC1. The average molecular weight is 299 g/mol. The van der Waals surface area contributed by atoms with E-state index in [1.165, 1.54) is 0 Å². The largest absolute Gasteiger partial charge is 0.393 e. The lowest BCUT2D eigenvalue weighted by Gasteiger charge is -2.31. The number of likely N-dealkylation sites (tertiary alicyclic amines) is 1. The first-order valence-electron chi connectivity index (χ1n) is 7.09. The Bertz CT molecular complexity index is 687. The van der Waals surface area contributed by atoms with Gasteiger partial charge in [-0.2, -0.15) is 0 Å². The number of rotatable bonds is 2. The van der Waals surface area contributed by atoms with Crippen molar-refractivity contribution in [3.05, 3.63) is 42.1 Å². The molecule has 0 atom stereocenters. The molecular weight excluding hydrogens is 282 g/mol. The van der Waals surface area contributed by atoms with Gasteiger partial charge >= 0.3 is 0 Å². The number of carbonyl (C=O) groups is 1. The smallest absolute Gasteiger partial charge is 0.254 e. The highest BCUT2D eigenvalue weighted by molar-refractivity contribution is 7.80. The molecule has 1 aliphatic rings. The number of hydrogen-bond acceptors (Lipinski definition) is 3. The number of benzene rings is 1. The number of carbonyl (C=O) groups excluding carboxylic acids is 1. The first-order valence-corrected chi connectivity index (χ1v) is 7.50. The maximum absolute atomic E-state index is 12.7. The van der Waals surface area contributed by atoms with Crippen molar-refractivity contribution in [2.75, 3.05) is 13.1 Å². The minimum absolute atomic E-state index is 0.0648. The van der Waals surface area contributed by atoms with Crippen LogP contribution in [-0.4, -0.2) is 33.9 Å². The number of hydrogen-bond donors (Lipinski definition) is 1. The summed E-state index contributed by atoms with van der Waals surface area (Å²) in [6, 6.07) is 9.52. The van der Waals surface area contributed by atoms with Gasteiger partial charge < -0.3 is 10.6 Å². The zero-order valence-corrected chi connectivity index (χ0v) is 12.5. The lowest BCUT2D eigenvalue weighted by Crippen LogP contribution is -2.41. The quantitative estimate of drug-likeness (QED) is 0.865. The average Bonchev–Trinajstić information content (AvgIpc) is 2.53. The highest BCUT2D eigenvalue weighted by Crippen LogP contribution is 2.22. The molecule has 1 aromatic heterocycles. The Hall–Kier alpha value is -2.01. The molecule has 2 aromatic rings. The van der Waals surface area contributed by atoms with Crippen LogP contribution in [-0.2, 0) is 0 Å². The fourth-order valence-electron chi connectivity index (χ4n) is 2.82. The summed E-state index contributed by atoms with van der Waals surface area (Å²) < 4.78 is 0. The van der Waals surface area contributed by atoms with Crippen LogP contribution in [0.1, 0.15) is 23.2 Å². The van der Waals surface area contributed by atoms with Gasteiger partial charge in [0, 0.05) is 30.6 Å². The Morgan fingerprint density at radius 2 is 1.95 bits per heavy atom. The topological polar surface area (TPSA) is 59.2 Å². The zero-order chi connectivity index (χ0) is 14.8. The molecule has 0 bridgehead atoms. The molecule has 3 rings (SSSR count). The fourth-order valence-corrected chi connectivity index (χ4v) is 3.06. The van der Waals surface area contributed by atoms with Crippen LogP contribution in [0.3, 0.4) is 0 Å². The van der Waals surface area contributed by atoms with Gasteiger partial charge in [0.1, 0.15) is 0 Å². The second kappa shape index (κ2) is 5.77. The first kappa shape index (κ1) is 13.9. The van der Waals surface area contributed by atoms with Crippen LogP contribution >= 0.6 is 12.2 Å². The third-order valence-corrected chi connectivity index (χ3v) is 4.40. The summed E-state index contributed by atoms with van der Waals surface area (Å²) in [5.74, 6) is 0.327. The molecule has 1 amide bonds. The van der Waals surface area contributed by atoms with Crippen LogP contribution in [0.5, 0.6) is 0 Å². The van der Waals surface area contributed by atoms with Crippen molar-refractivity contribution in [1.82, 2.24) is 9.88 Å². The molecule has 21 heavy (non-hydrogen) atoms. The van der Waals surface area contributed by atoms with Crippen molar-refractivity contribution < 1.29 is 4.79 Å². The molecule has 5 heteroatoms. The Morgan fingerprint density at radius 1 is 1.24 bits per heavy atom. The summed E-state index contributed by atoms with van der Waals surface area (Å²) in [7, 11) is 0. The van der Waals surface area contributed by atoms with Crippen LogP contribution in [0.15, 0.2) is 36.5 Å². The predicted octanol–water partition coefficient (Wildman–Crippen LogP) is 2.37. The molecular formula is C16H17N3OS. The number of aromatic nitrogens is 1. The Morgan fingerprint density at radius 3 is 2.67 bits per heavy atom. The summed E-state index contributed by atoms with van der Waals surface area (Å²) in [6.45, 7) is 1.41. The van der Waals surface area contributed by atoms with Crippen molar-refractivity contribution in [2.24, 2.45) is 11.7 Å². The number of amides is 1. The van der Waals surface area contributed by atoms with Gasteiger partial charge in [0.15, 0.2) is 0 Å². The number of fused-ring (bicyclic) bond motifs is 1. The van der Waals surface area contributed by atoms with E-state index in [0.29, 0.717) is 18.1 Å². The fraction of sp³-hybridized carbons (Fsp3) is 0.312. The molecule has 0 saturated carbocycles. The highest BCUT2D eigenvalue weighted by atomic mass is 32.1. The van der Waals surface area contributed by atoms with E-state index in [1.54, 1.807) is 12.3 Å². The second-order valence-corrected chi connectivity index (χ2v) is 5.82. The van der Waals surface area contributed by atoms with Crippen molar-refractivity contribution in [3.8, 4) is 0 Å². The van der Waals surface area contributed by atoms with Gasteiger partial charge in [-0.15, -0.1) is 0 Å². The molecule has 108 valence electrons. The zero-order valence-electron chi connectivity index (χ0n) is 11.7. The summed E-state index contributed by atoms with van der Waals surface area (Å²) in [5, 5.41) is 0.904. The highest BCUT2D eigenvalue weighted by Gasteiger charge is 2.25. The van der Waals surface area contributed by atoms with E-state index in [-0.39, 0.29) is 11.8 Å². The minimum atomic E-state index is 0.0648. The molecule has 1 aromatic carbocycles. The van der Waals surface area contributed by atoms with Crippen LogP contribution in [0.25, 0.3) is 10.9 Å². The third kappa shape index (κ3) is 2.74. The second-order valence-electron chi connectivity index (χ2n) is 5.34. The normalized spacial score (nSPS) is 16.1. The van der Waals surface area contributed by atoms with Crippen molar-refractivity contribution in [2.45, 2.75) is 12.8 Å². The van der Waals surface area contributed by atoms with E-state index in [4.69, 9.17) is 18.0 Å². The molecule has 1 aliphatic heterocycles. The van der Waals surface area contributed by atoms with Gasteiger partial charge in [0.2, 0.25) is 0 Å². The maximum Gasteiger partial charge on any atom is 0.254 e. The summed E-state index contributed by atoms with van der Waals surface area (Å²) >= 11 is 5.04. The van der Waals surface area contributed by atoms with E-state index < -0.39 is 0 Å². The number of piperidine rings is 1. The van der Waals surface area contributed by atoms with E-state index in [9.17, 15) is 4.79 Å². The summed E-state index contributed by atoms with van der Waals surface area (Å²) in [5.41, 5.74) is 7.26. The van der Waals surface area contributed by atoms with Gasteiger partial charge in [0.05, 0.1) is 16.1 Å². The Labute approximate surface area is 129 Å². The van der Waals surface area contributed by atoms with Gasteiger partial charge in [-0.1, -0.05) is 30.4 Å². The van der Waals surface area contributed by atoms with Crippen LogP contribution < -0.4 is 5.73 Å². The Kier molecular flexibility index (Phi) is 3.84. The summed E-state index contributed by atoms with van der Waals surface area (Å²) in [6.07, 6.45) is 3.39. The monoisotopic (exact) mass is 299 g/mol. The molecule has 2 heterocycles. The molecule has 0 radical (unpaired) electrons. The van der Waals surface area contributed by atoms with E-state index in [2.05, 4.69) is 4.98 Å². The first-order chi connectivity index (χ1) is 10.2. The number of pyridine rings is 1. The third-order valence-electron chi connectivity index (χ3n) is 4.06. The number of thiocarbonyl (C=S) groups is 1. The van der Waals surface area contributed by atoms with Crippen LogP contribution in [0.4, 0.5) is 0 Å². The maximum atomic E-state index is 12.7. The predicted molar refractivity (Wildman–Crippen MR) is 87.2 cm³/mol. The lowest BCUT2D eigenvalue weighted by atomic mass is 9.96. The van der Waals surface area contributed by atoms with Gasteiger partial charge in [-0.3, -0.25) is 9.78 Å². The van der Waals surface area contributed by atoms with Crippen molar-refractivity contribution in [1.29, 1.82) is 0 Å². The van der Waals surface area contributed by atoms with Crippen LogP contribution in [0, 0.1) is 5.92 Å². The van der Waals surface area contributed by atoms with Crippen LogP contribution in [0.2, 0.25) is 0 Å². The molecule has 0 spiro atoms. The molecule has 0 aliphatic carbocycles. The van der Waals surface area contributed by atoms with Crippen molar-refractivity contribution >= 4 is 34.0 Å². The number of nitrogens with zero attached hydrogens (tertiary/aromatic N) is 2. The Balaban J connectivity index is 1.84. The minimum Gasteiger partial charge on any atom is -0.393 e. The number of nitrogens with two attached hydrogens (primary N) is 1. The molecule has 2 N–H and O–H groups in total. The lowest BCUT2D eigenvalue weighted by molar-refractivity contribution is 0.0712. The number of para-hydroxylation sites is 1. The van der Waals surface area contributed by atoms with E-state index >= 15 is 0 Å². The van der Waals surface area contributed by atoms with E-state index in [0.717, 1.165) is 29.3 Å². The van der Waals surface area contributed by atoms with E-state index in [1.807, 2.05) is 29.2 Å². The molecule has 0 unspecified atom stereocenters. The molecule has 4 nitrogen and oxygen atoms in total. The molecule has 1 fully saturated rings. The van der Waals surface area contributed by atoms with Crippen molar-refractivity contribution in [3.63, 3.8) is 0 Å². The standard InChI is InChI=1S/C16H17N3OS/c17-15(21)11-6-9-19(10-7-11)16(20)13-5-8-18-14-4-2-1-3-12(13)14/h1-5,8,11H,6-7,9-10H2,(H2,17,21). The molecule has 1 saturated heterocycles.